The predicted octanol–water partition coefficient (Wildman–Crippen LogP) is 5.49. The fourth-order valence-electron chi connectivity index (χ4n) is 3.78. The molecule has 0 bridgehead atoms. The lowest BCUT2D eigenvalue weighted by Gasteiger charge is -2.39. The van der Waals surface area contributed by atoms with Crippen LogP contribution in [0, 0.1) is 31.3 Å². The molecule has 10 heteroatoms. The zero-order valence-corrected chi connectivity index (χ0v) is 18.4. The largest absolute Gasteiger partial charge is 0.322 e. The van der Waals surface area contributed by atoms with Gasteiger partial charge in [-0.25, -0.2) is 13.2 Å². The first-order valence-corrected chi connectivity index (χ1v) is 10.4. The number of nitrogens with zero attached hydrogens (tertiary/aromatic N) is 3. The van der Waals surface area contributed by atoms with Crippen molar-refractivity contribution in [2.24, 2.45) is 0 Å². The second-order valence-corrected chi connectivity index (χ2v) is 7.93. The number of fused-ring (bicyclic) bond motifs is 1. The highest BCUT2D eigenvalue weighted by Crippen LogP contribution is 2.40. The molecule has 0 atom stereocenters. The molecule has 2 aromatic carbocycles. The van der Waals surface area contributed by atoms with E-state index in [0.717, 1.165) is 12.1 Å². The van der Waals surface area contributed by atoms with Crippen molar-refractivity contribution in [2.75, 3.05) is 16.5 Å². The van der Waals surface area contributed by atoms with Crippen LogP contribution in [0.4, 0.5) is 30.2 Å². The molecular weight excluding hydrogens is 466 g/mol. The minimum atomic E-state index is -1.03. The minimum absolute atomic E-state index is 0.00754. The van der Waals surface area contributed by atoms with Crippen molar-refractivity contribution < 1.29 is 18.0 Å². The molecule has 1 amide bonds. The van der Waals surface area contributed by atoms with Gasteiger partial charge >= 0.3 is 0 Å². The van der Waals surface area contributed by atoms with Gasteiger partial charge in [-0.05, 0) is 44.2 Å². The number of rotatable bonds is 3. The highest BCUT2D eigenvalue weighted by atomic mass is 35.5. The van der Waals surface area contributed by atoms with Gasteiger partial charge in [0.2, 0.25) is 0 Å². The third kappa shape index (κ3) is 3.43. The molecule has 0 radical (unpaired) electrons. The van der Waals surface area contributed by atoms with Crippen molar-refractivity contribution in [3.8, 4) is 0 Å². The molecule has 166 valence electrons. The first-order valence-electron chi connectivity index (χ1n) is 9.45. The van der Waals surface area contributed by atoms with Crippen LogP contribution in [0.2, 0.25) is 5.02 Å². The number of carbonyl (C=O) groups excluding carboxylic acids is 1. The Morgan fingerprint density at radius 2 is 1.59 bits per heavy atom. The van der Waals surface area contributed by atoms with Crippen LogP contribution >= 0.6 is 23.2 Å². The smallest absolute Gasteiger partial charge is 0.262 e. The maximum Gasteiger partial charge on any atom is 0.262 e. The van der Waals surface area contributed by atoms with Gasteiger partial charge in [0.25, 0.3) is 11.5 Å². The number of hydrogen-bond acceptors (Lipinski definition) is 3. The van der Waals surface area contributed by atoms with E-state index in [4.69, 9.17) is 23.2 Å². The molecule has 3 aromatic rings. The van der Waals surface area contributed by atoms with Crippen LogP contribution in [-0.4, -0.2) is 17.1 Å². The maximum atomic E-state index is 14.3. The van der Waals surface area contributed by atoms with Gasteiger partial charge in [0.15, 0.2) is 11.6 Å². The summed E-state index contributed by atoms with van der Waals surface area (Å²) in [7, 11) is 0. The molecule has 0 unspecified atom stereocenters. The Bertz CT molecular complexity index is 1330. The van der Waals surface area contributed by atoms with Crippen LogP contribution in [0.15, 0.2) is 41.2 Å². The monoisotopic (exact) mass is 481 g/mol. The second-order valence-electron chi connectivity index (χ2n) is 7.28. The van der Waals surface area contributed by atoms with Crippen molar-refractivity contribution in [1.82, 2.24) is 4.57 Å². The van der Waals surface area contributed by atoms with Crippen LogP contribution in [-0.2, 0) is 6.00 Å². The van der Waals surface area contributed by atoms with Gasteiger partial charge in [-0.3, -0.25) is 19.1 Å². The third-order valence-corrected chi connectivity index (χ3v) is 6.05. The molecule has 5 nitrogen and oxygen atoms in total. The molecule has 0 fully saturated rings. The molecule has 1 aliphatic heterocycles. The molecule has 0 saturated heterocycles. The standard InChI is InChI=1S/C22H16Cl2F3N3O2/c1-11-17(4-3-15(25)21(11)27)29-10-30(18-5-6-20(31)28(9-23)12(18)2)22(32)13-7-16(26)14(24)8-19(13)29/h3-8H,9-10H2,1-2H3. The number of amides is 1. The summed E-state index contributed by atoms with van der Waals surface area (Å²) in [6, 6.07) is 7.22. The molecule has 4 rings (SSSR count). The molecule has 0 saturated carbocycles. The fraction of sp³-hybridized carbons (Fsp3) is 0.182. The zero-order valence-electron chi connectivity index (χ0n) is 16.9. The van der Waals surface area contributed by atoms with E-state index in [0.29, 0.717) is 11.4 Å². The number of hydrogen-bond donors (Lipinski definition) is 0. The first-order chi connectivity index (χ1) is 15.1. The molecule has 0 N–H and O–H groups in total. The lowest BCUT2D eigenvalue weighted by molar-refractivity contribution is 0.0982. The van der Waals surface area contributed by atoms with Crippen LogP contribution in [0.25, 0.3) is 0 Å². The molecule has 0 aliphatic carbocycles. The third-order valence-electron chi connectivity index (χ3n) is 5.52. The number of pyridine rings is 1. The SMILES string of the molecule is Cc1c(N2CN(c3ccc(=O)n(CCl)c3C)C(=O)c3cc(F)c(Cl)cc32)ccc(F)c1F. The lowest BCUT2D eigenvalue weighted by Crippen LogP contribution is -2.46. The topological polar surface area (TPSA) is 45.5 Å². The van der Waals surface area contributed by atoms with E-state index >= 15 is 0 Å². The quantitative estimate of drug-likeness (QED) is 0.464. The first kappa shape index (κ1) is 22.2. The Morgan fingerprint density at radius 3 is 2.28 bits per heavy atom. The lowest BCUT2D eigenvalue weighted by atomic mass is 10.0. The molecule has 1 aromatic heterocycles. The van der Waals surface area contributed by atoms with Gasteiger partial charge < -0.3 is 4.90 Å². The van der Waals surface area contributed by atoms with Crippen LogP contribution in [0.3, 0.4) is 0 Å². The Hall–Kier alpha value is -2.97. The Balaban J connectivity index is 1.96. The zero-order chi connectivity index (χ0) is 23.3. The number of anilines is 3. The number of carbonyl (C=O) groups is 1. The highest BCUT2D eigenvalue weighted by Gasteiger charge is 2.34. The number of halogens is 5. The summed E-state index contributed by atoms with van der Waals surface area (Å²) in [5.41, 5.74) is 0.932. The summed E-state index contributed by atoms with van der Waals surface area (Å²) in [5, 5.41) is -0.220. The van der Waals surface area contributed by atoms with Crippen LogP contribution in [0.1, 0.15) is 21.6 Å². The predicted molar refractivity (Wildman–Crippen MR) is 118 cm³/mol. The van der Waals surface area contributed by atoms with E-state index in [1.807, 2.05) is 0 Å². The molecular formula is C22H16Cl2F3N3O2. The molecule has 1 aliphatic rings. The number of benzene rings is 2. The summed E-state index contributed by atoms with van der Waals surface area (Å²) in [6.45, 7) is 2.90. The van der Waals surface area contributed by atoms with E-state index in [9.17, 15) is 22.8 Å². The van der Waals surface area contributed by atoms with Crippen molar-refractivity contribution >= 4 is 46.2 Å². The van der Waals surface area contributed by atoms with Gasteiger partial charge in [-0.1, -0.05) is 11.6 Å². The fourth-order valence-corrected chi connectivity index (χ4v) is 4.24. The Morgan fingerprint density at radius 1 is 0.906 bits per heavy atom. The van der Waals surface area contributed by atoms with Crippen molar-refractivity contribution in [3.05, 3.63) is 86.0 Å². The van der Waals surface area contributed by atoms with E-state index in [-0.39, 0.29) is 45.8 Å². The van der Waals surface area contributed by atoms with Crippen molar-refractivity contribution in [2.45, 2.75) is 19.9 Å². The van der Waals surface area contributed by atoms with Crippen molar-refractivity contribution in [3.63, 3.8) is 0 Å². The van der Waals surface area contributed by atoms with Gasteiger partial charge in [0, 0.05) is 23.0 Å². The average molecular weight is 482 g/mol. The second kappa shape index (κ2) is 8.18. The average Bonchev–Trinajstić information content (AvgIpc) is 2.75. The molecule has 32 heavy (non-hydrogen) atoms. The summed E-state index contributed by atoms with van der Waals surface area (Å²) in [4.78, 5) is 28.3. The highest BCUT2D eigenvalue weighted by molar-refractivity contribution is 6.31. The van der Waals surface area contributed by atoms with E-state index < -0.39 is 23.4 Å². The Kier molecular flexibility index (Phi) is 5.68. The van der Waals surface area contributed by atoms with Gasteiger partial charge in [-0.2, -0.15) is 0 Å². The van der Waals surface area contributed by atoms with E-state index in [2.05, 4.69) is 0 Å². The number of aromatic nitrogens is 1. The molecule has 2 heterocycles. The van der Waals surface area contributed by atoms with Crippen molar-refractivity contribution in [1.29, 1.82) is 0 Å². The summed E-state index contributed by atoms with van der Waals surface area (Å²) >= 11 is 11.9. The van der Waals surface area contributed by atoms with Crippen LogP contribution < -0.4 is 15.4 Å². The summed E-state index contributed by atoms with van der Waals surface area (Å²) < 4.78 is 43.7. The van der Waals surface area contributed by atoms with Gasteiger partial charge in [0.1, 0.15) is 18.5 Å². The van der Waals surface area contributed by atoms with Gasteiger partial charge in [-0.15, -0.1) is 11.6 Å². The summed E-state index contributed by atoms with van der Waals surface area (Å²) in [6.07, 6.45) is 0. The Labute approximate surface area is 191 Å². The van der Waals surface area contributed by atoms with Crippen LogP contribution in [0.5, 0.6) is 0 Å². The number of alkyl halides is 1. The summed E-state index contributed by atoms with van der Waals surface area (Å²) in [5.74, 6) is -3.40. The maximum absolute atomic E-state index is 14.3. The normalized spacial score (nSPS) is 13.5. The van der Waals surface area contributed by atoms with E-state index in [1.54, 1.807) is 6.92 Å². The molecule has 0 spiro atoms. The minimum Gasteiger partial charge on any atom is -0.322 e. The van der Waals surface area contributed by atoms with Gasteiger partial charge in [0.05, 0.1) is 22.0 Å². The van der Waals surface area contributed by atoms with E-state index in [1.165, 1.54) is 45.6 Å².